The molecule has 0 radical (unpaired) electrons. The van der Waals surface area contributed by atoms with Gasteiger partial charge >= 0.3 is 5.97 Å². The van der Waals surface area contributed by atoms with Crippen LogP contribution in [0.1, 0.15) is 22.8 Å². The first-order chi connectivity index (χ1) is 13.1. The molecule has 10 heteroatoms. The summed E-state index contributed by atoms with van der Waals surface area (Å²) in [6.45, 7) is 1.27. The lowest BCUT2D eigenvalue weighted by Gasteiger charge is -2.31. The first kappa shape index (κ1) is 20.6. The van der Waals surface area contributed by atoms with Crippen LogP contribution >= 0.6 is 0 Å². The van der Waals surface area contributed by atoms with Gasteiger partial charge in [0.25, 0.3) is 11.4 Å². The molecule has 0 aromatic heterocycles. The van der Waals surface area contributed by atoms with Crippen molar-refractivity contribution in [3.8, 4) is 0 Å². The van der Waals surface area contributed by atoms with E-state index in [9.17, 15) is 34.9 Å². The molecule has 1 N–H and O–H groups in total. The second kappa shape index (κ2) is 7.92. The van der Waals surface area contributed by atoms with Crippen LogP contribution in [-0.4, -0.2) is 33.8 Å². The zero-order valence-corrected chi connectivity index (χ0v) is 14.9. The van der Waals surface area contributed by atoms with Crippen molar-refractivity contribution < 1.29 is 29.3 Å². The molecule has 0 heterocycles. The molecule has 2 atom stereocenters. The lowest BCUT2D eigenvalue weighted by Crippen LogP contribution is -2.45. The number of carbonyl (C=O) groups excluding carboxylic acids is 2. The summed E-state index contributed by atoms with van der Waals surface area (Å²) in [5.41, 5.74) is -3.06. The van der Waals surface area contributed by atoms with Crippen LogP contribution in [0.25, 0.3) is 0 Å². The Hall–Kier alpha value is -3.66. The number of rotatable bonds is 7. The second-order valence-electron chi connectivity index (χ2n) is 5.95. The molecule has 0 amide bonds. The number of ketones is 1. The van der Waals surface area contributed by atoms with E-state index in [1.54, 1.807) is 0 Å². The fourth-order valence-electron chi connectivity index (χ4n) is 2.72. The van der Waals surface area contributed by atoms with Gasteiger partial charge in [-0.3, -0.25) is 29.8 Å². The Kier molecular flexibility index (Phi) is 5.84. The number of Topliss-reactive ketones (excluding diaryl/α,β-unsaturated/α-hetero) is 1. The van der Waals surface area contributed by atoms with E-state index in [1.807, 2.05) is 0 Å². The van der Waals surface area contributed by atoms with E-state index in [-0.39, 0.29) is 22.5 Å². The van der Waals surface area contributed by atoms with Crippen molar-refractivity contribution in [3.05, 3.63) is 79.9 Å². The normalized spacial score (nSPS) is 13.8. The molecule has 0 aliphatic heterocycles. The predicted molar refractivity (Wildman–Crippen MR) is 95.6 cm³/mol. The van der Waals surface area contributed by atoms with E-state index >= 15 is 0 Å². The Morgan fingerprint density at radius 2 is 1.39 bits per heavy atom. The van der Waals surface area contributed by atoms with E-state index in [0.29, 0.717) is 0 Å². The molecule has 2 rings (SSSR count). The van der Waals surface area contributed by atoms with E-state index in [2.05, 4.69) is 4.74 Å². The van der Waals surface area contributed by atoms with Gasteiger partial charge in [0.15, 0.2) is 11.4 Å². The Morgan fingerprint density at radius 1 is 0.964 bits per heavy atom. The highest BCUT2D eigenvalue weighted by molar-refractivity contribution is 6.05. The highest BCUT2D eigenvalue weighted by atomic mass is 16.6. The highest BCUT2D eigenvalue weighted by Gasteiger charge is 2.47. The molecule has 10 nitrogen and oxygen atoms in total. The molecule has 0 saturated heterocycles. The van der Waals surface area contributed by atoms with Gasteiger partial charge in [-0.2, -0.15) is 0 Å². The van der Waals surface area contributed by atoms with Crippen molar-refractivity contribution >= 4 is 23.1 Å². The van der Waals surface area contributed by atoms with Crippen LogP contribution in [0, 0.1) is 26.1 Å². The largest absolute Gasteiger partial charge is 0.469 e. The van der Waals surface area contributed by atoms with Crippen LogP contribution in [0.4, 0.5) is 11.4 Å². The van der Waals surface area contributed by atoms with Gasteiger partial charge in [0, 0.05) is 29.8 Å². The fourth-order valence-corrected chi connectivity index (χ4v) is 2.72. The number of esters is 1. The van der Waals surface area contributed by atoms with Crippen LogP contribution in [0.5, 0.6) is 0 Å². The molecule has 0 unspecified atom stereocenters. The summed E-state index contributed by atoms with van der Waals surface area (Å²) >= 11 is 0. The molecular weight excluding hydrogens is 372 g/mol. The average Bonchev–Trinajstić information content (AvgIpc) is 2.71. The first-order valence-corrected chi connectivity index (χ1v) is 7.97. The Bertz CT molecular complexity index is 924. The third-order valence-corrected chi connectivity index (χ3v) is 4.39. The zero-order chi connectivity index (χ0) is 21.1. The molecule has 146 valence electrons. The summed E-state index contributed by atoms with van der Waals surface area (Å²) in [7, 11) is 1.09. The smallest absolute Gasteiger partial charge is 0.312 e. The maximum Gasteiger partial charge on any atom is 0.312 e. The number of benzene rings is 2. The lowest BCUT2D eigenvalue weighted by atomic mass is 9.76. The molecule has 0 spiro atoms. The maximum atomic E-state index is 13.1. The summed E-state index contributed by atoms with van der Waals surface area (Å²) in [4.78, 5) is 45.4. The van der Waals surface area contributed by atoms with Gasteiger partial charge in [0.05, 0.1) is 22.9 Å². The van der Waals surface area contributed by atoms with E-state index in [0.717, 1.165) is 43.5 Å². The Balaban J connectivity index is 2.57. The number of carbonyl (C=O) groups is 2. The molecule has 0 fully saturated rings. The fraction of sp³-hybridized carbons (Fsp3) is 0.222. The number of ether oxygens (including phenoxy) is 1. The number of aliphatic hydroxyl groups is 1. The topological polar surface area (TPSA) is 150 Å². The van der Waals surface area contributed by atoms with E-state index < -0.39 is 33.1 Å². The highest BCUT2D eigenvalue weighted by Crippen LogP contribution is 2.35. The summed E-state index contributed by atoms with van der Waals surface area (Å²) in [5.74, 6) is -3.15. The number of non-ortho nitro benzene ring substituents is 2. The summed E-state index contributed by atoms with van der Waals surface area (Å²) < 4.78 is 4.63. The third kappa shape index (κ3) is 3.71. The minimum absolute atomic E-state index is 0.0562. The van der Waals surface area contributed by atoms with E-state index in [1.165, 1.54) is 19.1 Å². The van der Waals surface area contributed by atoms with Gasteiger partial charge in [-0.15, -0.1) is 0 Å². The number of hydrogen-bond donors (Lipinski definition) is 1. The Morgan fingerprint density at radius 3 is 1.79 bits per heavy atom. The SMILES string of the molecule is COC(=O)[C@@H](C)[C@](O)(C(=O)c1ccc([N+](=O)[O-])cc1)c1ccc([N+](=O)[O-])cc1. The minimum Gasteiger partial charge on any atom is -0.469 e. The van der Waals surface area contributed by atoms with Gasteiger partial charge in [0.1, 0.15) is 0 Å². The van der Waals surface area contributed by atoms with Crippen molar-refractivity contribution in [2.45, 2.75) is 12.5 Å². The average molecular weight is 388 g/mol. The molecule has 28 heavy (non-hydrogen) atoms. The van der Waals surface area contributed by atoms with Crippen molar-refractivity contribution in [2.24, 2.45) is 5.92 Å². The summed E-state index contributed by atoms with van der Waals surface area (Å²) in [5, 5.41) is 32.8. The van der Waals surface area contributed by atoms with Crippen LogP contribution < -0.4 is 0 Å². The van der Waals surface area contributed by atoms with Crippen molar-refractivity contribution in [3.63, 3.8) is 0 Å². The van der Waals surface area contributed by atoms with Crippen molar-refractivity contribution in [1.29, 1.82) is 0 Å². The van der Waals surface area contributed by atoms with Crippen molar-refractivity contribution in [1.82, 2.24) is 0 Å². The second-order valence-corrected chi connectivity index (χ2v) is 5.95. The van der Waals surface area contributed by atoms with E-state index in [4.69, 9.17) is 0 Å². The number of nitro benzene ring substituents is 2. The molecule has 0 saturated carbocycles. The third-order valence-electron chi connectivity index (χ3n) is 4.39. The molecule has 0 aliphatic rings. The van der Waals surface area contributed by atoms with Gasteiger partial charge in [-0.05, 0) is 36.8 Å². The molecule has 2 aromatic rings. The quantitative estimate of drug-likeness (QED) is 0.329. The summed E-state index contributed by atoms with van der Waals surface area (Å²) in [6, 6.07) is 9.00. The monoisotopic (exact) mass is 388 g/mol. The number of nitrogens with zero attached hydrogens (tertiary/aromatic N) is 2. The number of methoxy groups -OCH3 is 1. The standard InChI is InChI=1S/C18H16N2O8/c1-11(17(22)28-2)18(23,13-5-9-15(10-6-13)20(26)27)16(21)12-3-7-14(8-4-12)19(24)25/h3-11,23H,1-2H3/t11-,18-/m1/s1. The van der Waals surface area contributed by atoms with Gasteiger partial charge in [0.2, 0.25) is 0 Å². The molecule has 2 aromatic carbocycles. The first-order valence-electron chi connectivity index (χ1n) is 7.97. The number of hydrogen-bond acceptors (Lipinski definition) is 8. The summed E-state index contributed by atoms with van der Waals surface area (Å²) in [6.07, 6.45) is 0. The lowest BCUT2D eigenvalue weighted by molar-refractivity contribution is -0.385. The Labute approximate surface area is 158 Å². The molecule has 0 bridgehead atoms. The minimum atomic E-state index is -2.40. The van der Waals surface area contributed by atoms with Gasteiger partial charge in [-0.1, -0.05) is 0 Å². The van der Waals surface area contributed by atoms with Crippen LogP contribution in [0.2, 0.25) is 0 Å². The van der Waals surface area contributed by atoms with Gasteiger partial charge in [-0.25, -0.2) is 0 Å². The van der Waals surface area contributed by atoms with Gasteiger partial charge < -0.3 is 9.84 Å². The van der Waals surface area contributed by atoms with Crippen LogP contribution in [-0.2, 0) is 15.1 Å². The van der Waals surface area contributed by atoms with Crippen LogP contribution in [0.15, 0.2) is 48.5 Å². The number of nitro groups is 2. The molecule has 0 aliphatic carbocycles. The van der Waals surface area contributed by atoms with Crippen LogP contribution in [0.3, 0.4) is 0 Å². The maximum absolute atomic E-state index is 13.1. The zero-order valence-electron chi connectivity index (χ0n) is 14.9. The predicted octanol–water partition coefficient (Wildman–Crippen LogP) is 2.38. The molecular formula is C18H16N2O8. The van der Waals surface area contributed by atoms with Crippen molar-refractivity contribution in [2.75, 3.05) is 7.11 Å².